The number of carboxylic acid groups (broad SMARTS) is 1. The van der Waals surface area contributed by atoms with E-state index in [1.54, 1.807) is 0 Å². The Morgan fingerprint density at radius 3 is 2.52 bits per heavy atom. The van der Waals surface area contributed by atoms with Crippen LogP contribution < -0.4 is 0 Å². The van der Waals surface area contributed by atoms with Crippen LogP contribution in [0.25, 0.3) is 5.69 Å². The molecule has 5 nitrogen and oxygen atoms in total. The lowest BCUT2D eigenvalue weighted by Gasteiger charge is -2.11. The summed E-state index contributed by atoms with van der Waals surface area (Å²) < 4.78 is 40.1. The first-order valence-corrected chi connectivity index (χ1v) is 8.79. The highest BCUT2D eigenvalue weighted by Crippen LogP contribution is 2.31. The van der Waals surface area contributed by atoms with Gasteiger partial charge < -0.3 is 5.11 Å². The number of halogens is 3. The van der Waals surface area contributed by atoms with E-state index in [4.69, 9.17) is 0 Å². The molecule has 0 aliphatic heterocycles. The van der Waals surface area contributed by atoms with Gasteiger partial charge in [-0.25, -0.2) is 9.48 Å². The number of benzene rings is 2. The van der Waals surface area contributed by atoms with Gasteiger partial charge in [0.25, 0.3) is 0 Å². The number of nitrogens with zero attached hydrogens (tertiary/aromatic N) is 3. The van der Waals surface area contributed by atoms with Gasteiger partial charge in [-0.15, -0.1) is 16.9 Å². The summed E-state index contributed by atoms with van der Waals surface area (Å²) in [6, 6.07) is 12.1. The zero-order chi connectivity index (χ0) is 19.6. The Hall–Kier alpha value is -2.81. The van der Waals surface area contributed by atoms with Crippen LogP contribution >= 0.6 is 11.8 Å². The van der Waals surface area contributed by atoms with Crippen molar-refractivity contribution in [2.24, 2.45) is 0 Å². The number of rotatable bonds is 5. The van der Waals surface area contributed by atoms with Crippen molar-refractivity contribution in [3.8, 4) is 5.69 Å². The molecular weight excluding hydrogens is 379 g/mol. The Kier molecular flexibility index (Phi) is 5.22. The van der Waals surface area contributed by atoms with Gasteiger partial charge in [0.1, 0.15) is 0 Å². The average Bonchev–Trinajstić information content (AvgIpc) is 3.05. The smallest absolute Gasteiger partial charge is 0.416 e. The van der Waals surface area contributed by atoms with E-state index >= 15 is 0 Å². The monoisotopic (exact) mass is 393 g/mol. The summed E-state index contributed by atoms with van der Waals surface area (Å²) in [6.07, 6.45) is -4.51. The van der Waals surface area contributed by atoms with Crippen molar-refractivity contribution in [3.05, 3.63) is 71.0 Å². The summed E-state index contributed by atoms with van der Waals surface area (Å²) in [5.41, 5.74) is 0.273. The number of thioether (sulfide) groups is 1. The van der Waals surface area contributed by atoms with Crippen LogP contribution in [-0.4, -0.2) is 26.1 Å². The summed E-state index contributed by atoms with van der Waals surface area (Å²) in [7, 11) is 0. The number of hydrogen-bond acceptors (Lipinski definition) is 4. The second kappa shape index (κ2) is 7.43. The molecule has 0 saturated carbocycles. The van der Waals surface area contributed by atoms with Crippen molar-refractivity contribution in [2.45, 2.75) is 23.7 Å². The molecule has 0 fully saturated rings. The van der Waals surface area contributed by atoms with Gasteiger partial charge in [0, 0.05) is 10.6 Å². The molecule has 0 amide bonds. The summed E-state index contributed by atoms with van der Waals surface area (Å²) in [4.78, 5) is 12.3. The summed E-state index contributed by atoms with van der Waals surface area (Å²) in [6.45, 7) is 1.95. The maximum Gasteiger partial charge on any atom is 0.416 e. The second-order valence-corrected chi connectivity index (χ2v) is 6.80. The third-order valence-electron chi connectivity index (χ3n) is 3.78. The SMILES string of the molecule is Cc1ccc(SCc2c(C(=O)O)nnn2-c2cccc(C(F)(F)F)c2)cc1. The standard InChI is InChI=1S/C18H14F3N3O2S/c1-11-5-7-14(8-6-11)27-10-15-16(17(25)26)22-23-24(15)13-4-2-3-12(9-13)18(19,20)21/h2-9H,10H2,1H3,(H,25,26). The minimum absolute atomic E-state index is 0.101. The predicted octanol–water partition coefficient (Wildman–Crippen LogP) is 4.59. The van der Waals surface area contributed by atoms with Crippen LogP contribution in [-0.2, 0) is 11.9 Å². The Labute approximate surface area is 156 Å². The molecule has 0 unspecified atom stereocenters. The summed E-state index contributed by atoms with van der Waals surface area (Å²) >= 11 is 1.35. The number of carboxylic acids is 1. The molecule has 1 heterocycles. The molecule has 0 radical (unpaired) electrons. The molecule has 3 aromatic rings. The minimum Gasteiger partial charge on any atom is -0.476 e. The third-order valence-corrected chi connectivity index (χ3v) is 4.80. The summed E-state index contributed by atoms with van der Waals surface area (Å²) in [5.74, 6) is -1.10. The Morgan fingerprint density at radius 1 is 1.19 bits per heavy atom. The third kappa shape index (κ3) is 4.30. The van der Waals surface area contributed by atoms with Crippen molar-refractivity contribution >= 4 is 17.7 Å². The Bertz CT molecular complexity index is 969. The zero-order valence-corrected chi connectivity index (χ0v) is 14.9. The van der Waals surface area contributed by atoms with Crippen molar-refractivity contribution in [1.29, 1.82) is 0 Å². The average molecular weight is 393 g/mol. The van der Waals surface area contributed by atoms with Crippen molar-refractivity contribution in [1.82, 2.24) is 15.0 Å². The van der Waals surface area contributed by atoms with Crippen LogP contribution in [0.15, 0.2) is 53.4 Å². The number of carbonyl (C=O) groups is 1. The van der Waals surface area contributed by atoms with Gasteiger partial charge >= 0.3 is 12.1 Å². The lowest BCUT2D eigenvalue weighted by Crippen LogP contribution is -2.09. The first-order valence-electron chi connectivity index (χ1n) is 7.80. The van der Waals surface area contributed by atoms with Crippen molar-refractivity contribution in [2.75, 3.05) is 0 Å². The number of hydrogen-bond donors (Lipinski definition) is 1. The molecule has 0 aliphatic rings. The van der Waals surface area contributed by atoms with Gasteiger partial charge in [0.15, 0.2) is 5.69 Å². The molecule has 0 spiro atoms. The van der Waals surface area contributed by atoms with E-state index < -0.39 is 17.7 Å². The van der Waals surface area contributed by atoms with E-state index in [9.17, 15) is 23.1 Å². The molecule has 1 aromatic heterocycles. The molecule has 27 heavy (non-hydrogen) atoms. The van der Waals surface area contributed by atoms with E-state index in [0.717, 1.165) is 27.3 Å². The van der Waals surface area contributed by atoms with E-state index in [1.165, 1.54) is 23.9 Å². The quantitative estimate of drug-likeness (QED) is 0.643. The molecule has 2 aromatic carbocycles. The van der Waals surface area contributed by atoms with Crippen LogP contribution in [0.4, 0.5) is 13.2 Å². The zero-order valence-electron chi connectivity index (χ0n) is 14.1. The maximum atomic E-state index is 13.0. The van der Waals surface area contributed by atoms with E-state index in [2.05, 4.69) is 10.3 Å². The lowest BCUT2D eigenvalue weighted by atomic mass is 10.2. The Morgan fingerprint density at radius 2 is 1.89 bits per heavy atom. The van der Waals surface area contributed by atoms with E-state index in [0.29, 0.717) is 0 Å². The normalized spacial score (nSPS) is 11.6. The Balaban J connectivity index is 1.97. The van der Waals surface area contributed by atoms with Gasteiger partial charge in [-0.1, -0.05) is 29.0 Å². The van der Waals surface area contributed by atoms with Crippen LogP contribution in [0.3, 0.4) is 0 Å². The van der Waals surface area contributed by atoms with Gasteiger partial charge in [-0.3, -0.25) is 0 Å². The van der Waals surface area contributed by atoms with Gasteiger partial charge in [0.05, 0.1) is 16.9 Å². The van der Waals surface area contributed by atoms with Gasteiger partial charge in [-0.05, 0) is 37.3 Å². The number of alkyl halides is 3. The molecule has 1 N–H and O–H groups in total. The number of aromatic nitrogens is 3. The van der Waals surface area contributed by atoms with Crippen LogP contribution in [0.2, 0.25) is 0 Å². The van der Waals surface area contributed by atoms with Crippen molar-refractivity contribution < 1.29 is 23.1 Å². The maximum absolute atomic E-state index is 13.0. The lowest BCUT2D eigenvalue weighted by molar-refractivity contribution is -0.137. The molecule has 0 atom stereocenters. The van der Waals surface area contributed by atoms with E-state index in [-0.39, 0.29) is 22.8 Å². The van der Waals surface area contributed by atoms with E-state index in [1.807, 2.05) is 31.2 Å². The largest absolute Gasteiger partial charge is 0.476 e. The van der Waals surface area contributed by atoms with Gasteiger partial charge in [-0.2, -0.15) is 13.2 Å². The second-order valence-electron chi connectivity index (χ2n) is 5.75. The first kappa shape index (κ1) is 19.0. The molecular formula is C18H14F3N3O2S. The molecule has 0 bridgehead atoms. The fourth-order valence-electron chi connectivity index (χ4n) is 2.40. The fourth-order valence-corrected chi connectivity index (χ4v) is 3.30. The van der Waals surface area contributed by atoms with Crippen LogP contribution in [0.1, 0.15) is 27.3 Å². The van der Waals surface area contributed by atoms with Crippen molar-refractivity contribution in [3.63, 3.8) is 0 Å². The van der Waals surface area contributed by atoms with Crippen LogP contribution in [0.5, 0.6) is 0 Å². The van der Waals surface area contributed by atoms with Gasteiger partial charge in [0.2, 0.25) is 0 Å². The topological polar surface area (TPSA) is 68.0 Å². The predicted molar refractivity (Wildman–Crippen MR) is 94.1 cm³/mol. The fraction of sp³-hybridized carbons (Fsp3) is 0.167. The summed E-state index contributed by atoms with van der Waals surface area (Å²) in [5, 5.41) is 16.7. The highest BCUT2D eigenvalue weighted by Gasteiger charge is 2.31. The molecule has 3 rings (SSSR count). The highest BCUT2D eigenvalue weighted by molar-refractivity contribution is 7.98. The number of aryl methyl sites for hydroxylation is 1. The molecule has 0 aliphatic carbocycles. The highest BCUT2D eigenvalue weighted by atomic mass is 32.2. The molecule has 9 heteroatoms. The van der Waals surface area contributed by atoms with Crippen LogP contribution in [0, 0.1) is 6.92 Å². The minimum atomic E-state index is -4.51. The molecule has 140 valence electrons. The number of aromatic carboxylic acids is 1. The first-order chi connectivity index (χ1) is 12.8. The molecule has 0 saturated heterocycles.